The maximum absolute atomic E-state index is 11.0. The second-order valence-corrected chi connectivity index (χ2v) is 4.34. The van der Waals surface area contributed by atoms with Crippen LogP contribution in [-0.4, -0.2) is 29.1 Å². The van der Waals surface area contributed by atoms with Gasteiger partial charge in [-0.3, -0.25) is 14.9 Å². The second-order valence-electron chi connectivity index (χ2n) is 4.34. The lowest BCUT2D eigenvalue weighted by atomic mass is 10.1. The van der Waals surface area contributed by atoms with Gasteiger partial charge in [0, 0.05) is 19.2 Å². The highest BCUT2D eigenvalue weighted by atomic mass is 16.6. The van der Waals surface area contributed by atoms with Crippen LogP contribution in [0.25, 0.3) is 0 Å². The van der Waals surface area contributed by atoms with Crippen molar-refractivity contribution in [3.05, 3.63) is 33.9 Å². The lowest BCUT2D eigenvalue weighted by Crippen LogP contribution is -2.23. The lowest BCUT2D eigenvalue weighted by molar-refractivity contribution is -0.384. The number of hydrogen-bond acceptors (Lipinski definition) is 5. The first-order chi connectivity index (χ1) is 9.02. The molecule has 1 aliphatic heterocycles. The fourth-order valence-electron chi connectivity index (χ4n) is 2.18. The van der Waals surface area contributed by atoms with E-state index >= 15 is 0 Å². The van der Waals surface area contributed by atoms with Gasteiger partial charge in [0.15, 0.2) is 0 Å². The van der Waals surface area contributed by atoms with Gasteiger partial charge in [0.2, 0.25) is 0 Å². The van der Waals surface area contributed by atoms with Crippen LogP contribution in [0.15, 0.2) is 18.2 Å². The quantitative estimate of drug-likeness (QED) is 0.650. The Labute approximate surface area is 108 Å². The number of anilines is 1. The molecule has 1 aliphatic rings. The molecule has 1 saturated heterocycles. The van der Waals surface area contributed by atoms with E-state index in [1.165, 1.54) is 18.2 Å². The molecule has 7 nitrogen and oxygen atoms in total. The Morgan fingerprint density at radius 1 is 1.58 bits per heavy atom. The van der Waals surface area contributed by atoms with Crippen molar-refractivity contribution in [2.24, 2.45) is 5.92 Å². The minimum absolute atomic E-state index is 0.106. The maximum atomic E-state index is 11.0. The summed E-state index contributed by atoms with van der Waals surface area (Å²) in [6.07, 6.45) is 0.448. The molecule has 0 amide bonds. The van der Waals surface area contributed by atoms with Crippen molar-refractivity contribution in [3.63, 3.8) is 0 Å². The van der Waals surface area contributed by atoms with Gasteiger partial charge in [0.25, 0.3) is 5.69 Å². The van der Waals surface area contributed by atoms with E-state index < -0.39 is 16.8 Å². The summed E-state index contributed by atoms with van der Waals surface area (Å²) < 4.78 is 0. The summed E-state index contributed by atoms with van der Waals surface area (Å²) in [6, 6.07) is 6.02. The summed E-state index contributed by atoms with van der Waals surface area (Å²) in [5.41, 5.74) is 0.525. The van der Waals surface area contributed by atoms with Crippen LogP contribution < -0.4 is 4.90 Å². The van der Waals surface area contributed by atoms with Crippen molar-refractivity contribution in [3.8, 4) is 6.07 Å². The summed E-state index contributed by atoms with van der Waals surface area (Å²) in [4.78, 5) is 23.0. The molecule has 0 spiro atoms. The van der Waals surface area contributed by atoms with Gasteiger partial charge < -0.3 is 10.0 Å². The Bertz CT molecular complexity index is 579. The number of benzene rings is 1. The molecule has 1 atom stereocenters. The van der Waals surface area contributed by atoms with E-state index in [1.807, 2.05) is 6.07 Å². The summed E-state index contributed by atoms with van der Waals surface area (Å²) in [7, 11) is 0. The van der Waals surface area contributed by atoms with Gasteiger partial charge in [-0.15, -0.1) is 0 Å². The highest BCUT2D eigenvalue weighted by Gasteiger charge is 2.31. The van der Waals surface area contributed by atoms with Crippen LogP contribution in [0.4, 0.5) is 11.4 Å². The number of carboxylic acids is 1. The molecule has 1 N–H and O–H groups in total. The third kappa shape index (κ3) is 2.47. The van der Waals surface area contributed by atoms with Crippen LogP contribution in [0, 0.1) is 27.4 Å². The fraction of sp³-hybridized carbons (Fsp3) is 0.333. The number of carbonyl (C=O) groups is 1. The van der Waals surface area contributed by atoms with Crippen molar-refractivity contribution in [2.45, 2.75) is 6.42 Å². The minimum atomic E-state index is -0.901. The maximum Gasteiger partial charge on any atom is 0.308 e. The topological polar surface area (TPSA) is 107 Å². The molecular formula is C12H11N3O4. The average molecular weight is 261 g/mol. The van der Waals surface area contributed by atoms with E-state index in [-0.39, 0.29) is 12.2 Å². The molecule has 1 fully saturated rings. The highest BCUT2D eigenvalue weighted by molar-refractivity contribution is 5.74. The smallest absolute Gasteiger partial charge is 0.308 e. The predicted octanol–water partition coefficient (Wildman–Crippen LogP) is 1.38. The van der Waals surface area contributed by atoms with Gasteiger partial charge in [0.05, 0.1) is 22.5 Å². The molecule has 98 valence electrons. The molecule has 19 heavy (non-hydrogen) atoms. The molecule has 0 radical (unpaired) electrons. The Morgan fingerprint density at radius 3 is 2.84 bits per heavy atom. The number of nitro benzene ring substituents is 1. The first-order valence-electron chi connectivity index (χ1n) is 5.69. The van der Waals surface area contributed by atoms with Gasteiger partial charge in [-0.05, 0) is 18.6 Å². The normalized spacial score (nSPS) is 18.1. The summed E-state index contributed by atoms with van der Waals surface area (Å²) in [6.45, 7) is 0.664. The van der Waals surface area contributed by atoms with E-state index in [0.717, 1.165) is 0 Å². The minimum Gasteiger partial charge on any atom is -0.481 e. The number of nitro groups is 1. The number of nitrogens with zero attached hydrogens (tertiary/aromatic N) is 3. The largest absolute Gasteiger partial charge is 0.481 e. The molecule has 0 bridgehead atoms. The number of rotatable bonds is 3. The molecule has 2 rings (SSSR count). The zero-order chi connectivity index (χ0) is 14.0. The van der Waals surface area contributed by atoms with Gasteiger partial charge in [0.1, 0.15) is 5.69 Å². The third-order valence-electron chi connectivity index (χ3n) is 3.18. The first kappa shape index (κ1) is 12.8. The molecule has 0 aromatic heterocycles. The number of carboxylic acid groups (broad SMARTS) is 1. The third-order valence-corrected chi connectivity index (χ3v) is 3.18. The number of hydrogen-bond donors (Lipinski definition) is 1. The van der Waals surface area contributed by atoms with E-state index in [0.29, 0.717) is 24.2 Å². The number of nitriles is 1. The SMILES string of the molecule is N#Cc1ccc([N+](=O)[O-])c(N2CCC(C(=O)O)C2)c1. The summed E-state index contributed by atoms with van der Waals surface area (Å²) in [5, 5.41) is 28.8. The molecule has 0 saturated carbocycles. The molecule has 1 unspecified atom stereocenters. The van der Waals surface area contributed by atoms with Crippen LogP contribution in [0.2, 0.25) is 0 Å². The van der Waals surface area contributed by atoms with Crippen LogP contribution in [0.3, 0.4) is 0 Å². The molecule has 1 aromatic carbocycles. The van der Waals surface area contributed by atoms with Gasteiger partial charge in [-0.1, -0.05) is 0 Å². The van der Waals surface area contributed by atoms with Crippen molar-refractivity contribution < 1.29 is 14.8 Å². The van der Waals surface area contributed by atoms with E-state index in [9.17, 15) is 14.9 Å². The predicted molar refractivity (Wildman–Crippen MR) is 65.8 cm³/mol. The van der Waals surface area contributed by atoms with Crippen molar-refractivity contribution in [1.82, 2.24) is 0 Å². The van der Waals surface area contributed by atoms with Crippen LogP contribution in [0.1, 0.15) is 12.0 Å². The molecule has 7 heteroatoms. The van der Waals surface area contributed by atoms with Crippen LogP contribution in [0.5, 0.6) is 0 Å². The van der Waals surface area contributed by atoms with Gasteiger partial charge in [-0.25, -0.2) is 0 Å². The Kier molecular flexibility index (Phi) is 3.33. The second kappa shape index (κ2) is 4.94. The summed E-state index contributed by atoms with van der Waals surface area (Å²) >= 11 is 0. The summed E-state index contributed by atoms with van der Waals surface area (Å²) in [5.74, 6) is -1.42. The van der Waals surface area contributed by atoms with Crippen LogP contribution in [-0.2, 0) is 4.79 Å². The Hall–Kier alpha value is -2.62. The van der Waals surface area contributed by atoms with Crippen molar-refractivity contribution in [1.29, 1.82) is 5.26 Å². The first-order valence-corrected chi connectivity index (χ1v) is 5.69. The Balaban J connectivity index is 2.36. The standard InChI is InChI=1S/C12H11N3O4/c13-6-8-1-2-10(15(18)19)11(5-8)14-4-3-9(7-14)12(16)17/h1-2,5,9H,3-4,7H2,(H,16,17). The highest BCUT2D eigenvalue weighted by Crippen LogP contribution is 2.33. The number of aliphatic carboxylic acids is 1. The average Bonchev–Trinajstić information content (AvgIpc) is 2.87. The van der Waals surface area contributed by atoms with E-state index in [1.54, 1.807) is 4.90 Å². The van der Waals surface area contributed by atoms with Crippen molar-refractivity contribution in [2.75, 3.05) is 18.0 Å². The molecule has 1 heterocycles. The molecule has 1 aromatic rings. The van der Waals surface area contributed by atoms with E-state index in [2.05, 4.69) is 0 Å². The monoisotopic (exact) mass is 261 g/mol. The zero-order valence-corrected chi connectivity index (χ0v) is 9.94. The lowest BCUT2D eigenvalue weighted by Gasteiger charge is -2.18. The zero-order valence-electron chi connectivity index (χ0n) is 9.94. The fourth-order valence-corrected chi connectivity index (χ4v) is 2.18. The molecular weight excluding hydrogens is 250 g/mol. The molecule has 0 aliphatic carbocycles. The van der Waals surface area contributed by atoms with Gasteiger partial charge in [-0.2, -0.15) is 5.26 Å². The van der Waals surface area contributed by atoms with E-state index in [4.69, 9.17) is 10.4 Å². The van der Waals surface area contributed by atoms with Gasteiger partial charge >= 0.3 is 5.97 Å². The Morgan fingerprint density at radius 2 is 2.32 bits per heavy atom. The van der Waals surface area contributed by atoms with Crippen LogP contribution >= 0.6 is 0 Å². The van der Waals surface area contributed by atoms with Crippen molar-refractivity contribution >= 4 is 17.3 Å².